The molecular weight excluding hydrogens is 207 g/mol. The molecule has 0 radical (unpaired) electrons. The van der Waals surface area contributed by atoms with Crippen LogP contribution in [0.15, 0.2) is 24.3 Å². The fourth-order valence-corrected chi connectivity index (χ4v) is 1.77. The molecule has 4 heteroatoms. The maximum atomic E-state index is 13.3. The molecule has 88 valence electrons. The summed E-state index contributed by atoms with van der Waals surface area (Å²) in [4.78, 5) is 0. The van der Waals surface area contributed by atoms with Gasteiger partial charge >= 0.3 is 0 Å². The Morgan fingerprint density at radius 1 is 1.44 bits per heavy atom. The van der Waals surface area contributed by atoms with Gasteiger partial charge in [0.05, 0.1) is 13.2 Å². The SMILES string of the molecule is Fc1ccccc1CNCC1COCCN1. The average molecular weight is 224 g/mol. The molecule has 1 saturated heterocycles. The van der Waals surface area contributed by atoms with Gasteiger partial charge in [0.2, 0.25) is 0 Å². The van der Waals surface area contributed by atoms with Crippen molar-refractivity contribution < 1.29 is 9.13 Å². The van der Waals surface area contributed by atoms with Crippen molar-refractivity contribution in [2.24, 2.45) is 0 Å². The summed E-state index contributed by atoms with van der Waals surface area (Å²) < 4.78 is 18.6. The molecule has 2 N–H and O–H groups in total. The summed E-state index contributed by atoms with van der Waals surface area (Å²) >= 11 is 0. The van der Waals surface area contributed by atoms with E-state index in [-0.39, 0.29) is 5.82 Å². The first-order valence-corrected chi connectivity index (χ1v) is 5.61. The van der Waals surface area contributed by atoms with Gasteiger partial charge in [-0.15, -0.1) is 0 Å². The van der Waals surface area contributed by atoms with Crippen LogP contribution in [-0.2, 0) is 11.3 Å². The van der Waals surface area contributed by atoms with Crippen LogP contribution >= 0.6 is 0 Å². The molecule has 3 nitrogen and oxygen atoms in total. The van der Waals surface area contributed by atoms with E-state index in [1.54, 1.807) is 12.1 Å². The Hall–Kier alpha value is -0.970. The zero-order valence-corrected chi connectivity index (χ0v) is 9.21. The number of hydrogen-bond donors (Lipinski definition) is 2. The minimum atomic E-state index is -0.150. The summed E-state index contributed by atoms with van der Waals surface area (Å²) in [7, 11) is 0. The predicted octanol–water partition coefficient (Wildman–Crippen LogP) is 0.904. The highest BCUT2D eigenvalue weighted by molar-refractivity contribution is 5.16. The molecule has 1 atom stereocenters. The molecule has 2 rings (SSSR count). The van der Waals surface area contributed by atoms with Crippen LogP contribution in [0.1, 0.15) is 5.56 Å². The van der Waals surface area contributed by atoms with E-state index in [1.165, 1.54) is 6.07 Å². The van der Waals surface area contributed by atoms with E-state index in [4.69, 9.17) is 4.74 Å². The lowest BCUT2D eigenvalue weighted by molar-refractivity contribution is 0.0766. The van der Waals surface area contributed by atoms with Crippen molar-refractivity contribution in [3.05, 3.63) is 35.6 Å². The number of morpholine rings is 1. The van der Waals surface area contributed by atoms with Crippen molar-refractivity contribution in [1.82, 2.24) is 10.6 Å². The van der Waals surface area contributed by atoms with Gasteiger partial charge < -0.3 is 15.4 Å². The van der Waals surface area contributed by atoms with Crippen molar-refractivity contribution in [3.63, 3.8) is 0 Å². The number of ether oxygens (including phenoxy) is 1. The van der Waals surface area contributed by atoms with Crippen molar-refractivity contribution in [2.75, 3.05) is 26.3 Å². The van der Waals surface area contributed by atoms with Crippen LogP contribution in [0.3, 0.4) is 0 Å². The molecule has 16 heavy (non-hydrogen) atoms. The largest absolute Gasteiger partial charge is 0.378 e. The predicted molar refractivity (Wildman–Crippen MR) is 60.7 cm³/mol. The minimum absolute atomic E-state index is 0.150. The van der Waals surface area contributed by atoms with Crippen LogP contribution in [0, 0.1) is 5.82 Å². The standard InChI is InChI=1S/C12H17FN2O/c13-12-4-2-1-3-10(12)7-14-8-11-9-16-6-5-15-11/h1-4,11,14-15H,5-9H2. The molecule has 0 spiro atoms. The van der Waals surface area contributed by atoms with Gasteiger partial charge in [-0.1, -0.05) is 18.2 Å². The number of hydrogen-bond acceptors (Lipinski definition) is 3. The van der Waals surface area contributed by atoms with Gasteiger partial charge in [0.15, 0.2) is 0 Å². The smallest absolute Gasteiger partial charge is 0.127 e. The second-order valence-corrected chi connectivity index (χ2v) is 3.95. The minimum Gasteiger partial charge on any atom is -0.378 e. The Kier molecular flexibility index (Phi) is 4.27. The Labute approximate surface area is 95.0 Å². The van der Waals surface area contributed by atoms with Crippen LogP contribution < -0.4 is 10.6 Å². The van der Waals surface area contributed by atoms with Crippen LogP contribution in [0.2, 0.25) is 0 Å². The lowest BCUT2D eigenvalue weighted by Gasteiger charge is -2.24. The number of rotatable bonds is 4. The number of nitrogens with one attached hydrogen (secondary N) is 2. The maximum Gasteiger partial charge on any atom is 0.127 e. The third-order valence-corrected chi connectivity index (χ3v) is 2.66. The molecule has 0 saturated carbocycles. The summed E-state index contributed by atoms with van der Waals surface area (Å²) in [6, 6.07) is 7.17. The van der Waals surface area contributed by atoms with Gasteiger partial charge in [-0.25, -0.2) is 4.39 Å². The first-order chi connectivity index (χ1) is 7.86. The van der Waals surface area contributed by atoms with E-state index in [0.29, 0.717) is 18.2 Å². The molecule has 1 unspecified atom stereocenters. The van der Waals surface area contributed by atoms with Crippen LogP contribution in [0.5, 0.6) is 0 Å². The van der Waals surface area contributed by atoms with Crippen LogP contribution in [0.4, 0.5) is 4.39 Å². The van der Waals surface area contributed by atoms with Gasteiger partial charge in [0.1, 0.15) is 5.82 Å². The van der Waals surface area contributed by atoms with E-state index in [0.717, 1.165) is 26.3 Å². The van der Waals surface area contributed by atoms with Gasteiger partial charge in [0.25, 0.3) is 0 Å². The normalized spacial score (nSPS) is 20.9. The zero-order valence-electron chi connectivity index (χ0n) is 9.21. The van der Waals surface area contributed by atoms with Gasteiger partial charge in [-0.2, -0.15) is 0 Å². The lowest BCUT2D eigenvalue weighted by Crippen LogP contribution is -2.47. The Bertz CT molecular complexity index is 327. The summed E-state index contributed by atoms with van der Waals surface area (Å²) in [5.41, 5.74) is 0.708. The number of benzene rings is 1. The molecule has 1 aliphatic rings. The first kappa shape index (κ1) is 11.5. The molecule has 1 aromatic rings. The third-order valence-electron chi connectivity index (χ3n) is 2.66. The molecule has 0 aromatic heterocycles. The fourth-order valence-electron chi connectivity index (χ4n) is 1.77. The molecule has 1 fully saturated rings. The molecular formula is C12H17FN2O. The lowest BCUT2D eigenvalue weighted by atomic mass is 10.2. The molecule has 0 bridgehead atoms. The van der Waals surface area contributed by atoms with E-state index in [2.05, 4.69) is 10.6 Å². The molecule has 0 amide bonds. The molecule has 1 aromatic carbocycles. The molecule has 1 aliphatic heterocycles. The highest BCUT2D eigenvalue weighted by atomic mass is 19.1. The second kappa shape index (κ2) is 5.94. The summed E-state index contributed by atoms with van der Waals surface area (Å²) in [6.45, 7) is 3.76. The van der Waals surface area contributed by atoms with Crippen molar-refractivity contribution in [3.8, 4) is 0 Å². The fraction of sp³-hybridized carbons (Fsp3) is 0.500. The topological polar surface area (TPSA) is 33.3 Å². The van der Waals surface area contributed by atoms with Crippen molar-refractivity contribution >= 4 is 0 Å². The summed E-state index contributed by atoms with van der Waals surface area (Å²) in [5, 5.41) is 6.57. The van der Waals surface area contributed by atoms with E-state index < -0.39 is 0 Å². The maximum absolute atomic E-state index is 13.3. The second-order valence-electron chi connectivity index (χ2n) is 3.95. The molecule has 0 aliphatic carbocycles. The average Bonchev–Trinajstić information content (AvgIpc) is 2.33. The van der Waals surface area contributed by atoms with Crippen molar-refractivity contribution in [1.29, 1.82) is 0 Å². The first-order valence-electron chi connectivity index (χ1n) is 5.61. The monoisotopic (exact) mass is 224 g/mol. The van der Waals surface area contributed by atoms with Crippen LogP contribution in [0.25, 0.3) is 0 Å². The Morgan fingerprint density at radius 2 is 2.31 bits per heavy atom. The van der Waals surface area contributed by atoms with E-state index >= 15 is 0 Å². The van der Waals surface area contributed by atoms with Crippen LogP contribution in [-0.4, -0.2) is 32.3 Å². The van der Waals surface area contributed by atoms with Crippen molar-refractivity contribution in [2.45, 2.75) is 12.6 Å². The number of halogens is 1. The highest BCUT2D eigenvalue weighted by Crippen LogP contribution is 2.05. The van der Waals surface area contributed by atoms with Gasteiger partial charge in [-0.3, -0.25) is 0 Å². The third kappa shape index (κ3) is 3.27. The van der Waals surface area contributed by atoms with E-state index in [1.807, 2.05) is 6.07 Å². The van der Waals surface area contributed by atoms with Gasteiger partial charge in [-0.05, 0) is 6.07 Å². The quantitative estimate of drug-likeness (QED) is 0.797. The van der Waals surface area contributed by atoms with E-state index in [9.17, 15) is 4.39 Å². The summed E-state index contributed by atoms with van der Waals surface area (Å²) in [5.74, 6) is -0.150. The van der Waals surface area contributed by atoms with Gasteiger partial charge in [0, 0.05) is 31.2 Å². The Morgan fingerprint density at radius 3 is 3.06 bits per heavy atom. The summed E-state index contributed by atoms with van der Waals surface area (Å²) in [6.07, 6.45) is 0. The highest BCUT2D eigenvalue weighted by Gasteiger charge is 2.12. The zero-order chi connectivity index (χ0) is 11.2. The molecule has 1 heterocycles. The Balaban J connectivity index is 1.73.